The first-order valence-electron chi connectivity index (χ1n) is 16.0. The topological polar surface area (TPSA) is 92.8 Å². The van der Waals surface area contributed by atoms with Crippen LogP contribution in [0.3, 0.4) is 0 Å². The highest BCUT2D eigenvalue weighted by Gasteiger charge is 2.15. The molecule has 0 aliphatic carbocycles. The van der Waals surface area contributed by atoms with E-state index in [4.69, 9.17) is 19.3 Å². The van der Waals surface area contributed by atoms with Crippen LogP contribution in [-0.2, 0) is 6.61 Å². The van der Waals surface area contributed by atoms with E-state index in [1.54, 1.807) is 30.0 Å². The maximum absolute atomic E-state index is 13.5. The van der Waals surface area contributed by atoms with E-state index in [1.165, 1.54) is 28.0 Å². The summed E-state index contributed by atoms with van der Waals surface area (Å²) in [5, 5.41) is 9.36. The van der Waals surface area contributed by atoms with Gasteiger partial charge in [-0.05, 0) is 90.4 Å². The van der Waals surface area contributed by atoms with Crippen LogP contribution in [0.15, 0.2) is 108 Å². The lowest BCUT2D eigenvalue weighted by Crippen LogP contribution is -2.23. The number of methoxy groups -OCH3 is 1. The fraction of sp³-hybridized carbons (Fsp3) is 0.128. The molecule has 0 aliphatic heterocycles. The van der Waals surface area contributed by atoms with Crippen LogP contribution in [-0.4, -0.2) is 38.1 Å². The second-order valence-electron chi connectivity index (χ2n) is 11.3. The van der Waals surface area contributed by atoms with Crippen LogP contribution < -0.4 is 24.3 Å². The Morgan fingerprint density at radius 1 is 0.880 bits per heavy atom. The van der Waals surface area contributed by atoms with Crippen LogP contribution in [0, 0.1) is 5.82 Å². The molecule has 0 saturated carbocycles. The fourth-order valence-corrected chi connectivity index (χ4v) is 6.14. The van der Waals surface area contributed by atoms with Gasteiger partial charge < -0.3 is 14.2 Å². The van der Waals surface area contributed by atoms with Crippen molar-refractivity contribution in [3.8, 4) is 34.2 Å². The molecule has 9 nitrogen and oxygen atoms in total. The molecule has 0 unspecified atom stereocenters. The molecule has 0 saturated heterocycles. The zero-order valence-corrected chi connectivity index (χ0v) is 28.1. The quantitative estimate of drug-likeness (QED) is 0.134. The Labute approximate surface area is 291 Å². The van der Waals surface area contributed by atoms with Gasteiger partial charge in [-0.2, -0.15) is 14.6 Å². The minimum absolute atomic E-state index is 0.265. The summed E-state index contributed by atoms with van der Waals surface area (Å²) in [6, 6.07) is 29.3. The van der Waals surface area contributed by atoms with Gasteiger partial charge in [-0.25, -0.2) is 9.07 Å². The third-order valence-electron chi connectivity index (χ3n) is 7.77. The molecule has 11 heteroatoms. The zero-order valence-electron chi connectivity index (χ0n) is 27.3. The lowest BCUT2D eigenvalue weighted by Gasteiger charge is -2.10. The number of hydrogen-bond donors (Lipinski definition) is 0. The predicted octanol–water partition coefficient (Wildman–Crippen LogP) is 7.24. The van der Waals surface area contributed by atoms with Gasteiger partial charge in [0.15, 0.2) is 17.3 Å². The molecule has 0 fully saturated rings. The molecule has 3 aromatic heterocycles. The van der Waals surface area contributed by atoms with Gasteiger partial charge in [0.25, 0.3) is 5.56 Å². The van der Waals surface area contributed by atoms with E-state index < -0.39 is 0 Å². The third-order valence-corrected chi connectivity index (χ3v) is 8.73. The van der Waals surface area contributed by atoms with Crippen molar-refractivity contribution in [2.45, 2.75) is 20.0 Å². The summed E-state index contributed by atoms with van der Waals surface area (Å²) in [6.07, 6.45) is 8.26. The van der Waals surface area contributed by atoms with Crippen molar-refractivity contribution >= 4 is 34.5 Å². The predicted molar refractivity (Wildman–Crippen MR) is 193 cm³/mol. The summed E-state index contributed by atoms with van der Waals surface area (Å²) in [4.78, 5) is 18.6. The first kappa shape index (κ1) is 32.5. The summed E-state index contributed by atoms with van der Waals surface area (Å²) in [7, 11) is 1.61. The minimum Gasteiger partial charge on any atom is -0.493 e. The second-order valence-corrected chi connectivity index (χ2v) is 12.3. The normalized spacial score (nSPS) is 11.9. The SMILES string of the molecule is CCCOc1ccc(/C=C/c2nc3s/c(=C\c4cn(-c5ccccc5)nc4-c4ccc(OCc5ccc(F)cc5)cc4)c(=O)n3n2)cc1OC. The summed E-state index contributed by atoms with van der Waals surface area (Å²) in [5.74, 6) is 2.13. The maximum Gasteiger partial charge on any atom is 0.291 e. The average molecular weight is 686 g/mol. The number of halogens is 1. The van der Waals surface area contributed by atoms with Gasteiger partial charge in [0, 0.05) is 17.3 Å². The molecule has 4 aromatic carbocycles. The first-order chi connectivity index (χ1) is 24.5. The van der Waals surface area contributed by atoms with Gasteiger partial charge in [0.05, 0.1) is 23.9 Å². The van der Waals surface area contributed by atoms with Crippen LogP contribution >= 0.6 is 11.3 Å². The molecule has 0 aliphatic rings. The Hall–Kier alpha value is -6.07. The van der Waals surface area contributed by atoms with Crippen LogP contribution in [0.1, 0.15) is 35.9 Å². The van der Waals surface area contributed by atoms with Gasteiger partial charge in [-0.3, -0.25) is 4.79 Å². The Morgan fingerprint density at radius 3 is 2.42 bits per heavy atom. The summed E-state index contributed by atoms with van der Waals surface area (Å²) < 4.78 is 34.0. The van der Waals surface area contributed by atoms with E-state index in [2.05, 4.69) is 17.0 Å². The zero-order chi connectivity index (χ0) is 34.5. The van der Waals surface area contributed by atoms with Crippen molar-refractivity contribution in [3.63, 3.8) is 0 Å². The molecule has 0 N–H and O–H groups in total. The molecule has 3 heterocycles. The summed E-state index contributed by atoms with van der Waals surface area (Å²) in [5.41, 5.74) is 4.68. The van der Waals surface area contributed by atoms with E-state index in [-0.39, 0.29) is 11.4 Å². The van der Waals surface area contributed by atoms with Crippen molar-refractivity contribution in [2.24, 2.45) is 0 Å². The number of benzene rings is 4. The molecule has 7 aromatic rings. The van der Waals surface area contributed by atoms with E-state index >= 15 is 0 Å². The molecule has 0 atom stereocenters. The highest BCUT2D eigenvalue weighted by molar-refractivity contribution is 7.15. The molecule has 50 heavy (non-hydrogen) atoms. The van der Waals surface area contributed by atoms with Crippen LogP contribution in [0.25, 0.3) is 40.1 Å². The Bertz CT molecular complexity index is 2380. The molecule has 7 rings (SSSR count). The number of rotatable bonds is 12. The molecule has 250 valence electrons. The highest BCUT2D eigenvalue weighted by atomic mass is 32.1. The number of nitrogens with zero attached hydrogens (tertiary/aromatic N) is 5. The summed E-state index contributed by atoms with van der Waals surface area (Å²) in [6.45, 7) is 2.97. The van der Waals surface area contributed by atoms with Crippen molar-refractivity contribution in [2.75, 3.05) is 13.7 Å². The fourth-order valence-electron chi connectivity index (χ4n) is 5.24. The van der Waals surface area contributed by atoms with Gasteiger partial charge in [0.1, 0.15) is 23.9 Å². The van der Waals surface area contributed by atoms with Crippen molar-refractivity contribution in [1.82, 2.24) is 24.4 Å². The lowest BCUT2D eigenvalue weighted by molar-refractivity contribution is 0.294. The molecule has 0 spiro atoms. The molecular formula is C39H32FN5O4S. The van der Waals surface area contributed by atoms with Crippen molar-refractivity contribution in [3.05, 3.63) is 146 Å². The van der Waals surface area contributed by atoms with Crippen LogP contribution in [0.2, 0.25) is 0 Å². The standard InChI is InChI=1S/C39H32FN5O4S/c1-3-21-48-33-19-11-26(22-34(33)47-2)12-20-36-41-39-45(42-36)38(46)35(50-39)23-29-24-44(31-7-5-4-6-8-31)43-37(29)28-13-17-32(18-14-28)49-25-27-9-15-30(40)16-10-27/h4-20,22-24H,3,21,25H2,1-2H3/b20-12+,35-23-. The van der Waals surface area contributed by atoms with Gasteiger partial charge in [-0.15, -0.1) is 5.10 Å². The number of fused-ring (bicyclic) bond motifs is 1. The number of ether oxygens (including phenoxy) is 3. The molecule has 0 amide bonds. The first-order valence-corrected chi connectivity index (χ1v) is 16.8. The van der Waals surface area contributed by atoms with E-state index in [0.717, 1.165) is 34.4 Å². The van der Waals surface area contributed by atoms with E-state index in [1.807, 2.05) is 91.1 Å². The van der Waals surface area contributed by atoms with Crippen LogP contribution in [0.4, 0.5) is 4.39 Å². The second kappa shape index (κ2) is 14.6. The van der Waals surface area contributed by atoms with Gasteiger partial charge in [0.2, 0.25) is 4.96 Å². The lowest BCUT2D eigenvalue weighted by atomic mass is 10.1. The van der Waals surface area contributed by atoms with E-state index in [9.17, 15) is 9.18 Å². The molecule has 0 bridgehead atoms. The molecular weight excluding hydrogens is 654 g/mol. The minimum atomic E-state index is -0.285. The van der Waals surface area contributed by atoms with Gasteiger partial charge in [-0.1, -0.05) is 60.7 Å². The number of hydrogen-bond acceptors (Lipinski definition) is 8. The average Bonchev–Trinajstić information content (AvgIpc) is 3.84. The smallest absolute Gasteiger partial charge is 0.291 e. The number of para-hydroxylation sites is 1. The number of aromatic nitrogens is 5. The number of thiazole rings is 1. The third kappa shape index (κ3) is 7.18. The molecule has 0 radical (unpaired) electrons. The van der Waals surface area contributed by atoms with E-state index in [0.29, 0.717) is 51.5 Å². The van der Waals surface area contributed by atoms with Crippen molar-refractivity contribution < 1.29 is 18.6 Å². The van der Waals surface area contributed by atoms with Crippen molar-refractivity contribution in [1.29, 1.82) is 0 Å². The van der Waals surface area contributed by atoms with Gasteiger partial charge >= 0.3 is 0 Å². The Balaban J connectivity index is 1.16. The Kier molecular flexibility index (Phi) is 9.48. The monoisotopic (exact) mass is 685 g/mol. The van der Waals surface area contributed by atoms with Crippen LogP contribution in [0.5, 0.6) is 17.2 Å². The maximum atomic E-state index is 13.5. The Morgan fingerprint density at radius 2 is 1.68 bits per heavy atom. The largest absolute Gasteiger partial charge is 0.493 e. The highest BCUT2D eigenvalue weighted by Crippen LogP contribution is 2.29. The summed E-state index contributed by atoms with van der Waals surface area (Å²) >= 11 is 1.26.